The molecule has 0 spiro atoms. The van der Waals surface area contributed by atoms with Gasteiger partial charge in [0.05, 0.1) is 12.5 Å². The number of fused-ring (bicyclic) bond motifs is 2. The average molecular weight is 394 g/mol. The summed E-state index contributed by atoms with van der Waals surface area (Å²) in [4.78, 5) is 24.7. The van der Waals surface area contributed by atoms with Crippen molar-refractivity contribution >= 4 is 5.91 Å². The fourth-order valence-corrected chi connectivity index (χ4v) is 4.38. The summed E-state index contributed by atoms with van der Waals surface area (Å²) in [5, 5.41) is 3.35. The second kappa shape index (κ2) is 7.99. The van der Waals surface area contributed by atoms with Crippen LogP contribution in [0.2, 0.25) is 0 Å². The number of aromatic nitrogens is 2. The molecule has 3 aliphatic heterocycles. The summed E-state index contributed by atoms with van der Waals surface area (Å²) in [5.74, 6) is 2.39. The van der Waals surface area contributed by atoms with E-state index < -0.39 is 0 Å². The van der Waals surface area contributed by atoms with E-state index in [9.17, 15) is 4.79 Å². The smallest absolute Gasteiger partial charge is 0.227 e. The van der Waals surface area contributed by atoms with Gasteiger partial charge in [-0.1, -0.05) is 6.07 Å². The molecule has 4 heterocycles. The van der Waals surface area contributed by atoms with Crippen LogP contribution in [0.1, 0.15) is 47.9 Å². The predicted molar refractivity (Wildman–Crippen MR) is 107 cm³/mol. The first-order valence-corrected chi connectivity index (χ1v) is 10.5. The molecule has 1 unspecified atom stereocenters. The normalized spacial score (nSPS) is 20.8. The van der Waals surface area contributed by atoms with Crippen LogP contribution in [0.15, 0.2) is 24.4 Å². The molecule has 0 saturated carbocycles. The van der Waals surface area contributed by atoms with Gasteiger partial charge in [0.25, 0.3) is 0 Å². The van der Waals surface area contributed by atoms with Crippen molar-refractivity contribution in [2.75, 3.05) is 26.3 Å². The first-order valence-electron chi connectivity index (χ1n) is 10.5. The third kappa shape index (κ3) is 3.79. The Kier molecular flexibility index (Phi) is 5.06. The van der Waals surface area contributed by atoms with Crippen molar-refractivity contribution in [1.82, 2.24) is 20.2 Å². The highest BCUT2D eigenvalue weighted by atomic mass is 16.6. The minimum Gasteiger partial charge on any atom is -0.486 e. The number of benzene rings is 1. The number of hydrogen-bond donors (Lipinski definition) is 1. The standard InChI is InChI=1S/C22H26N4O3/c27-21(12-15-4-5-19-20(11-15)29-10-9-28-19)26-8-2-1-3-18(26)22-24-14-16-13-23-7-6-17(16)25-22/h4-5,11,14,18,23H,1-3,6-10,12-13H2. The van der Waals surface area contributed by atoms with Crippen LogP contribution in [0.4, 0.5) is 0 Å². The summed E-state index contributed by atoms with van der Waals surface area (Å²) in [5.41, 5.74) is 3.24. The number of carbonyl (C=O) groups excluding carboxylic acids is 1. The lowest BCUT2D eigenvalue weighted by Gasteiger charge is -2.35. The Morgan fingerprint density at radius 2 is 2.10 bits per heavy atom. The molecule has 29 heavy (non-hydrogen) atoms. The number of nitrogens with one attached hydrogen (secondary N) is 1. The Bertz CT molecular complexity index is 917. The molecule has 1 saturated heterocycles. The van der Waals surface area contributed by atoms with Crippen LogP contribution in [0.5, 0.6) is 11.5 Å². The maximum atomic E-state index is 13.2. The van der Waals surface area contributed by atoms with Gasteiger partial charge in [0.1, 0.15) is 13.2 Å². The van der Waals surface area contributed by atoms with E-state index in [0.29, 0.717) is 19.6 Å². The van der Waals surface area contributed by atoms with Gasteiger partial charge < -0.3 is 19.7 Å². The molecule has 7 nitrogen and oxygen atoms in total. The molecule has 0 bridgehead atoms. The predicted octanol–water partition coefficient (Wildman–Crippen LogP) is 2.19. The number of piperidine rings is 1. The molecule has 152 valence electrons. The number of likely N-dealkylation sites (tertiary alicyclic amines) is 1. The SMILES string of the molecule is O=C(Cc1ccc2c(c1)OCCO2)N1CCCCC1c1ncc2c(n1)CCNC2. The van der Waals surface area contributed by atoms with Crippen molar-refractivity contribution in [3.05, 3.63) is 47.0 Å². The number of rotatable bonds is 3. The number of carbonyl (C=O) groups is 1. The lowest BCUT2D eigenvalue weighted by Crippen LogP contribution is -2.40. The summed E-state index contributed by atoms with van der Waals surface area (Å²) in [6, 6.07) is 5.74. The van der Waals surface area contributed by atoms with Gasteiger partial charge in [0.2, 0.25) is 5.91 Å². The zero-order chi connectivity index (χ0) is 19.6. The third-order valence-electron chi connectivity index (χ3n) is 5.91. The molecule has 1 amide bonds. The molecule has 1 aromatic carbocycles. The fourth-order valence-electron chi connectivity index (χ4n) is 4.38. The highest BCUT2D eigenvalue weighted by molar-refractivity contribution is 5.79. The molecule has 0 radical (unpaired) electrons. The molecule has 0 aliphatic carbocycles. The first kappa shape index (κ1) is 18.4. The van der Waals surface area contributed by atoms with Crippen molar-refractivity contribution in [3.8, 4) is 11.5 Å². The third-order valence-corrected chi connectivity index (χ3v) is 5.91. The summed E-state index contributed by atoms with van der Waals surface area (Å²) in [7, 11) is 0. The van der Waals surface area contributed by atoms with E-state index in [2.05, 4.69) is 10.3 Å². The maximum Gasteiger partial charge on any atom is 0.227 e. The highest BCUT2D eigenvalue weighted by Gasteiger charge is 2.30. The first-order chi connectivity index (χ1) is 14.3. The second-order valence-electron chi connectivity index (χ2n) is 7.88. The van der Waals surface area contributed by atoms with E-state index in [0.717, 1.165) is 73.9 Å². The molecular weight excluding hydrogens is 368 g/mol. The quantitative estimate of drug-likeness (QED) is 0.860. The van der Waals surface area contributed by atoms with Crippen LogP contribution < -0.4 is 14.8 Å². The summed E-state index contributed by atoms with van der Waals surface area (Å²) in [6.45, 7) is 3.64. The zero-order valence-corrected chi connectivity index (χ0v) is 16.5. The van der Waals surface area contributed by atoms with Crippen LogP contribution in [0, 0.1) is 0 Å². The van der Waals surface area contributed by atoms with Crippen molar-refractivity contribution in [1.29, 1.82) is 0 Å². The van der Waals surface area contributed by atoms with Crippen molar-refractivity contribution in [3.63, 3.8) is 0 Å². The Morgan fingerprint density at radius 1 is 1.21 bits per heavy atom. The van der Waals surface area contributed by atoms with Crippen LogP contribution in [0.3, 0.4) is 0 Å². The summed E-state index contributed by atoms with van der Waals surface area (Å²) < 4.78 is 11.2. The lowest BCUT2D eigenvalue weighted by atomic mass is 9.99. The highest BCUT2D eigenvalue weighted by Crippen LogP contribution is 2.33. The van der Waals surface area contributed by atoms with E-state index in [-0.39, 0.29) is 11.9 Å². The van der Waals surface area contributed by atoms with Crippen LogP contribution in [-0.2, 0) is 24.2 Å². The van der Waals surface area contributed by atoms with Gasteiger partial charge in [-0.2, -0.15) is 0 Å². The number of nitrogens with zero attached hydrogens (tertiary/aromatic N) is 3. The van der Waals surface area contributed by atoms with Gasteiger partial charge in [-0.05, 0) is 37.0 Å². The minimum atomic E-state index is -0.0337. The van der Waals surface area contributed by atoms with E-state index in [1.165, 1.54) is 5.56 Å². The van der Waals surface area contributed by atoms with Gasteiger partial charge in [0.15, 0.2) is 17.3 Å². The van der Waals surface area contributed by atoms with Crippen molar-refractivity contribution in [2.24, 2.45) is 0 Å². The molecule has 2 aromatic rings. The molecular formula is C22H26N4O3. The number of hydrogen-bond acceptors (Lipinski definition) is 6. The van der Waals surface area contributed by atoms with Crippen LogP contribution >= 0.6 is 0 Å². The van der Waals surface area contributed by atoms with Gasteiger partial charge >= 0.3 is 0 Å². The largest absolute Gasteiger partial charge is 0.486 e. The monoisotopic (exact) mass is 394 g/mol. The molecule has 1 aromatic heterocycles. The van der Waals surface area contributed by atoms with Crippen molar-refractivity contribution in [2.45, 2.75) is 44.7 Å². The topological polar surface area (TPSA) is 76.6 Å². The summed E-state index contributed by atoms with van der Waals surface area (Å²) in [6.07, 6.45) is 6.25. The fraction of sp³-hybridized carbons (Fsp3) is 0.500. The zero-order valence-electron chi connectivity index (χ0n) is 16.5. The van der Waals surface area contributed by atoms with Gasteiger partial charge in [0, 0.05) is 43.5 Å². The molecule has 3 aliphatic rings. The van der Waals surface area contributed by atoms with Gasteiger partial charge in [-0.3, -0.25) is 4.79 Å². The van der Waals surface area contributed by atoms with Gasteiger partial charge in [-0.25, -0.2) is 9.97 Å². The molecule has 1 atom stereocenters. The maximum absolute atomic E-state index is 13.2. The van der Waals surface area contributed by atoms with E-state index in [1.54, 1.807) is 0 Å². The Balaban J connectivity index is 1.35. The van der Waals surface area contributed by atoms with E-state index >= 15 is 0 Å². The molecule has 1 fully saturated rings. The molecule has 7 heteroatoms. The second-order valence-corrected chi connectivity index (χ2v) is 7.88. The average Bonchev–Trinajstić information content (AvgIpc) is 2.78. The Hall–Kier alpha value is -2.67. The van der Waals surface area contributed by atoms with Crippen LogP contribution in [-0.4, -0.2) is 47.1 Å². The number of amides is 1. The molecule has 5 rings (SSSR count). The van der Waals surface area contributed by atoms with E-state index in [4.69, 9.17) is 14.5 Å². The molecule has 1 N–H and O–H groups in total. The van der Waals surface area contributed by atoms with E-state index in [1.807, 2.05) is 29.3 Å². The van der Waals surface area contributed by atoms with Gasteiger partial charge in [-0.15, -0.1) is 0 Å². The Labute approximate surface area is 170 Å². The van der Waals surface area contributed by atoms with Crippen molar-refractivity contribution < 1.29 is 14.3 Å². The minimum absolute atomic E-state index is 0.0337. The number of ether oxygens (including phenoxy) is 2. The lowest BCUT2D eigenvalue weighted by molar-refractivity contribution is -0.134. The van der Waals surface area contributed by atoms with Crippen LogP contribution in [0.25, 0.3) is 0 Å². The summed E-state index contributed by atoms with van der Waals surface area (Å²) >= 11 is 0. The Morgan fingerprint density at radius 3 is 3.03 bits per heavy atom.